The molecule has 0 saturated heterocycles. The highest BCUT2D eigenvalue weighted by molar-refractivity contribution is 9.10. The summed E-state index contributed by atoms with van der Waals surface area (Å²) in [5, 5.41) is 0.103. The van der Waals surface area contributed by atoms with Gasteiger partial charge in [0, 0.05) is 24.7 Å². The molecule has 16 heavy (non-hydrogen) atoms. The quantitative estimate of drug-likeness (QED) is 0.613. The molecule has 0 bridgehead atoms. The third-order valence-electron chi connectivity index (χ3n) is 1.68. The van der Waals surface area contributed by atoms with E-state index >= 15 is 0 Å². The van der Waals surface area contributed by atoms with Gasteiger partial charge in [-0.15, -0.1) is 0 Å². The topological polar surface area (TPSA) is 17.1 Å². The van der Waals surface area contributed by atoms with Crippen LogP contribution in [0.5, 0.6) is 0 Å². The number of carbonyl (C=O) groups is 1. The minimum absolute atomic E-state index is 0.103. The van der Waals surface area contributed by atoms with E-state index in [0.29, 0.717) is 16.6 Å². The molecule has 1 aromatic carbocycles. The molecule has 0 fully saturated rings. The van der Waals surface area contributed by atoms with Gasteiger partial charge < -0.3 is 0 Å². The van der Waals surface area contributed by atoms with Crippen molar-refractivity contribution < 1.29 is 9.18 Å². The maximum Gasteiger partial charge on any atom is 0.185 e. The molecule has 0 N–H and O–H groups in total. The molecule has 1 rings (SSSR count). The number of benzene rings is 1. The van der Waals surface area contributed by atoms with Crippen LogP contribution >= 0.6 is 27.7 Å². The smallest absolute Gasteiger partial charge is 0.185 e. The second-order valence-electron chi connectivity index (χ2n) is 3.02. The summed E-state index contributed by atoms with van der Waals surface area (Å²) in [5.74, 6) is 6.26. The van der Waals surface area contributed by atoms with Crippen LogP contribution in [0.25, 0.3) is 0 Å². The Morgan fingerprint density at radius 3 is 2.94 bits per heavy atom. The lowest BCUT2D eigenvalue weighted by molar-refractivity contribution is -0.109. The second kappa shape index (κ2) is 6.72. The lowest BCUT2D eigenvalue weighted by atomic mass is 10.2. The molecule has 0 atom stereocenters. The third kappa shape index (κ3) is 4.82. The Morgan fingerprint density at radius 1 is 1.56 bits per heavy atom. The molecule has 1 nitrogen and oxygen atoms in total. The predicted octanol–water partition coefficient (Wildman–Crippen LogP) is 3.61. The lowest BCUT2D eigenvalue weighted by Gasteiger charge is -1.94. The van der Waals surface area contributed by atoms with Crippen molar-refractivity contribution in [2.24, 2.45) is 0 Å². The molecule has 4 heteroatoms. The van der Waals surface area contributed by atoms with Crippen molar-refractivity contribution in [3.63, 3.8) is 0 Å². The molecule has 0 spiro atoms. The Labute approximate surface area is 107 Å². The van der Waals surface area contributed by atoms with Crippen molar-refractivity contribution in [2.75, 3.05) is 5.75 Å². The summed E-state index contributed by atoms with van der Waals surface area (Å²) in [7, 11) is 0. The summed E-state index contributed by atoms with van der Waals surface area (Å²) in [4.78, 5) is 10.6. The summed E-state index contributed by atoms with van der Waals surface area (Å²) < 4.78 is 13.3. The van der Waals surface area contributed by atoms with Gasteiger partial charge in [0.05, 0.1) is 4.47 Å². The highest BCUT2D eigenvalue weighted by Gasteiger charge is 1.97. The Morgan fingerprint density at radius 2 is 2.31 bits per heavy atom. The maximum absolute atomic E-state index is 12.9. The molecule has 0 aromatic heterocycles. The average Bonchev–Trinajstić information content (AvgIpc) is 2.22. The third-order valence-corrected chi connectivity index (χ3v) is 3.11. The molecular formula is C12H10BrFOS. The molecule has 0 aliphatic carbocycles. The largest absolute Gasteiger partial charge is 0.288 e. The lowest BCUT2D eigenvalue weighted by Crippen LogP contribution is -1.84. The Hall–Kier alpha value is -0.790. The van der Waals surface area contributed by atoms with E-state index in [0.717, 1.165) is 5.56 Å². The highest BCUT2D eigenvalue weighted by Crippen LogP contribution is 2.16. The first-order valence-electron chi connectivity index (χ1n) is 4.67. The van der Waals surface area contributed by atoms with Gasteiger partial charge >= 0.3 is 0 Å². The Kier molecular flexibility index (Phi) is 5.58. The van der Waals surface area contributed by atoms with E-state index in [4.69, 9.17) is 0 Å². The number of halogens is 2. The molecule has 0 aliphatic rings. The van der Waals surface area contributed by atoms with Crippen LogP contribution in [0.4, 0.5) is 4.39 Å². The molecule has 0 unspecified atom stereocenters. The van der Waals surface area contributed by atoms with E-state index in [1.54, 1.807) is 12.1 Å². The molecule has 0 amide bonds. The monoisotopic (exact) mass is 300 g/mol. The first-order chi connectivity index (χ1) is 7.59. The van der Waals surface area contributed by atoms with Crippen molar-refractivity contribution in [1.82, 2.24) is 0 Å². The van der Waals surface area contributed by atoms with Gasteiger partial charge in [-0.2, -0.15) is 0 Å². The van der Waals surface area contributed by atoms with Crippen LogP contribution in [0.3, 0.4) is 0 Å². The molecule has 0 radical (unpaired) electrons. The van der Waals surface area contributed by atoms with E-state index in [2.05, 4.69) is 27.8 Å². The van der Waals surface area contributed by atoms with Crippen LogP contribution in [-0.4, -0.2) is 10.9 Å². The first kappa shape index (κ1) is 13.3. The zero-order valence-corrected chi connectivity index (χ0v) is 11.1. The highest BCUT2D eigenvalue weighted by atomic mass is 79.9. The van der Waals surface area contributed by atoms with Crippen molar-refractivity contribution in [3.05, 3.63) is 34.1 Å². The fraction of sp³-hybridized carbons (Fsp3) is 0.250. The summed E-state index contributed by atoms with van der Waals surface area (Å²) in [6.07, 6.45) is 0.652. The first-order valence-corrected chi connectivity index (χ1v) is 6.45. The van der Waals surface area contributed by atoms with Crippen LogP contribution in [0, 0.1) is 17.7 Å². The van der Waals surface area contributed by atoms with Crippen molar-refractivity contribution in [1.29, 1.82) is 0 Å². The van der Waals surface area contributed by atoms with Crippen LogP contribution < -0.4 is 0 Å². The van der Waals surface area contributed by atoms with E-state index < -0.39 is 0 Å². The fourth-order valence-corrected chi connectivity index (χ4v) is 1.85. The van der Waals surface area contributed by atoms with Crippen molar-refractivity contribution in [2.45, 2.75) is 13.3 Å². The summed E-state index contributed by atoms with van der Waals surface area (Å²) >= 11 is 4.36. The zero-order chi connectivity index (χ0) is 12.0. The molecule has 0 heterocycles. The summed E-state index contributed by atoms with van der Waals surface area (Å²) in [6, 6.07) is 4.64. The van der Waals surface area contributed by atoms with Crippen LogP contribution in [-0.2, 0) is 4.79 Å². The minimum atomic E-state index is -0.294. The molecular weight excluding hydrogens is 291 g/mol. The van der Waals surface area contributed by atoms with E-state index in [1.165, 1.54) is 24.8 Å². The Bertz CT molecular complexity index is 448. The van der Waals surface area contributed by atoms with Crippen LogP contribution in [0.1, 0.15) is 18.9 Å². The van der Waals surface area contributed by atoms with Crippen LogP contribution in [0.2, 0.25) is 0 Å². The second-order valence-corrected chi connectivity index (χ2v) is 5.15. The number of thioether (sulfide) groups is 1. The maximum atomic E-state index is 12.9. The van der Waals surface area contributed by atoms with Crippen molar-refractivity contribution in [3.8, 4) is 11.8 Å². The van der Waals surface area contributed by atoms with Gasteiger partial charge in [0.25, 0.3) is 0 Å². The van der Waals surface area contributed by atoms with E-state index in [-0.39, 0.29) is 10.9 Å². The number of rotatable bonds is 2. The SMILES string of the molecule is CC(=O)SCCC#Cc1ccc(F)c(Br)c1. The van der Waals surface area contributed by atoms with Crippen LogP contribution in [0.15, 0.2) is 22.7 Å². The van der Waals surface area contributed by atoms with Gasteiger partial charge in [0.1, 0.15) is 5.82 Å². The van der Waals surface area contributed by atoms with Gasteiger partial charge in [0.15, 0.2) is 5.12 Å². The van der Waals surface area contributed by atoms with E-state index in [1.807, 2.05) is 0 Å². The Balaban J connectivity index is 2.50. The van der Waals surface area contributed by atoms with Gasteiger partial charge in [-0.3, -0.25) is 4.79 Å². The minimum Gasteiger partial charge on any atom is -0.288 e. The van der Waals surface area contributed by atoms with Gasteiger partial charge in [-0.1, -0.05) is 23.6 Å². The molecule has 0 aliphatic heterocycles. The number of hydrogen-bond acceptors (Lipinski definition) is 2. The predicted molar refractivity (Wildman–Crippen MR) is 68.7 cm³/mol. The van der Waals surface area contributed by atoms with Gasteiger partial charge in [-0.05, 0) is 34.1 Å². The van der Waals surface area contributed by atoms with E-state index in [9.17, 15) is 9.18 Å². The molecule has 84 valence electrons. The summed E-state index contributed by atoms with van der Waals surface area (Å²) in [5.41, 5.74) is 0.765. The normalized spacial score (nSPS) is 9.44. The molecule has 0 saturated carbocycles. The van der Waals surface area contributed by atoms with Crippen molar-refractivity contribution >= 4 is 32.8 Å². The standard InChI is InChI=1S/C12H10BrFOS/c1-9(15)16-7-3-2-4-10-5-6-12(14)11(13)8-10/h5-6,8H,3,7H2,1H3. The number of hydrogen-bond donors (Lipinski definition) is 0. The van der Waals surface area contributed by atoms with Gasteiger partial charge in [0.2, 0.25) is 0 Å². The van der Waals surface area contributed by atoms with Gasteiger partial charge in [-0.25, -0.2) is 4.39 Å². The number of carbonyl (C=O) groups excluding carboxylic acids is 1. The fourth-order valence-electron chi connectivity index (χ4n) is 0.984. The summed E-state index contributed by atoms with van der Waals surface area (Å²) in [6.45, 7) is 1.54. The average molecular weight is 301 g/mol. The zero-order valence-electron chi connectivity index (χ0n) is 8.72. The molecule has 1 aromatic rings.